The van der Waals surface area contributed by atoms with Crippen molar-refractivity contribution in [3.63, 3.8) is 0 Å². The number of ether oxygens (including phenoxy) is 2. The van der Waals surface area contributed by atoms with Gasteiger partial charge in [0.1, 0.15) is 0 Å². The second-order valence-electron chi connectivity index (χ2n) is 7.71. The van der Waals surface area contributed by atoms with Crippen molar-refractivity contribution in [3.8, 4) is 0 Å². The summed E-state index contributed by atoms with van der Waals surface area (Å²) in [5.41, 5.74) is 0. The molecule has 0 unspecified atom stereocenters. The van der Waals surface area contributed by atoms with E-state index < -0.39 is 0 Å². The third-order valence-electron chi connectivity index (χ3n) is 6.14. The maximum absolute atomic E-state index is 12.2. The molecule has 25 heavy (non-hydrogen) atoms. The van der Waals surface area contributed by atoms with Crippen molar-refractivity contribution in [2.24, 2.45) is 23.7 Å². The van der Waals surface area contributed by atoms with E-state index in [0.29, 0.717) is 50.8 Å². The Morgan fingerprint density at radius 2 is 1.76 bits per heavy atom. The molecule has 6 heteroatoms. The zero-order valence-electron chi connectivity index (χ0n) is 15.1. The van der Waals surface area contributed by atoms with E-state index in [-0.39, 0.29) is 30.4 Å². The van der Waals surface area contributed by atoms with Gasteiger partial charge in [-0.2, -0.15) is 0 Å². The van der Waals surface area contributed by atoms with Crippen molar-refractivity contribution >= 4 is 17.8 Å². The Morgan fingerprint density at radius 1 is 1.00 bits per heavy atom. The monoisotopic (exact) mass is 351 g/mol. The number of amides is 1. The van der Waals surface area contributed by atoms with E-state index in [2.05, 4.69) is 0 Å². The molecule has 0 aromatic carbocycles. The topological polar surface area (TPSA) is 72.9 Å². The quantitative estimate of drug-likeness (QED) is 0.686. The second-order valence-corrected chi connectivity index (χ2v) is 7.71. The maximum atomic E-state index is 12.2. The fourth-order valence-corrected chi connectivity index (χ4v) is 4.76. The first kappa shape index (κ1) is 18.2. The minimum absolute atomic E-state index is 0.121. The Kier molecular flexibility index (Phi) is 5.97. The molecule has 0 aromatic rings. The van der Waals surface area contributed by atoms with Gasteiger partial charge in [0.25, 0.3) is 5.91 Å². The van der Waals surface area contributed by atoms with Gasteiger partial charge in [0, 0.05) is 19.5 Å². The molecule has 0 aromatic heterocycles. The SMILES string of the molecule is CCOC(=O)C1CCN(C(=O)COC(=O)C[C@@H]2C[C@H]3CC[C@H]2C3)CC1. The van der Waals surface area contributed by atoms with Gasteiger partial charge in [-0.1, -0.05) is 6.42 Å². The lowest BCUT2D eigenvalue weighted by Crippen LogP contribution is -2.42. The van der Waals surface area contributed by atoms with Gasteiger partial charge in [0.15, 0.2) is 6.61 Å². The zero-order chi connectivity index (χ0) is 17.8. The van der Waals surface area contributed by atoms with Crippen LogP contribution >= 0.6 is 0 Å². The first-order valence-corrected chi connectivity index (χ1v) is 9.66. The number of rotatable bonds is 6. The van der Waals surface area contributed by atoms with Gasteiger partial charge in [0.05, 0.1) is 12.5 Å². The van der Waals surface area contributed by atoms with Gasteiger partial charge in [-0.3, -0.25) is 14.4 Å². The van der Waals surface area contributed by atoms with Crippen molar-refractivity contribution in [3.05, 3.63) is 0 Å². The highest BCUT2D eigenvalue weighted by atomic mass is 16.5. The van der Waals surface area contributed by atoms with Gasteiger partial charge in [0.2, 0.25) is 0 Å². The summed E-state index contributed by atoms with van der Waals surface area (Å²) >= 11 is 0. The van der Waals surface area contributed by atoms with E-state index >= 15 is 0 Å². The predicted octanol–water partition coefficient (Wildman–Crippen LogP) is 2.16. The molecule has 1 amide bonds. The zero-order valence-corrected chi connectivity index (χ0v) is 15.1. The van der Waals surface area contributed by atoms with E-state index in [1.54, 1.807) is 11.8 Å². The molecule has 3 atom stereocenters. The van der Waals surface area contributed by atoms with Crippen LogP contribution in [0.4, 0.5) is 0 Å². The molecule has 3 fully saturated rings. The summed E-state index contributed by atoms with van der Waals surface area (Å²) in [6.07, 6.45) is 6.67. The number of hydrogen-bond donors (Lipinski definition) is 0. The average Bonchev–Trinajstić information content (AvgIpc) is 3.23. The van der Waals surface area contributed by atoms with Crippen molar-refractivity contribution in [2.45, 2.75) is 51.9 Å². The Morgan fingerprint density at radius 3 is 2.36 bits per heavy atom. The van der Waals surface area contributed by atoms with Gasteiger partial charge in [-0.05, 0) is 56.8 Å². The average molecular weight is 351 g/mol. The molecule has 0 spiro atoms. The first-order chi connectivity index (χ1) is 12.1. The molecule has 2 aliphatic carbocycles. The molecule has 0 radical (unpaired) electrons. The van der Waals surface area contributed by atoms with Crippen LogP contribution in [0.25, 0.3) is 0 Å². The fourth-order valence-electron chi connectivity index (χ4n) is 4.76. The van der Waals surface area contributed by atoms with Crippen LogP contribution in [0.15, 0.2) is 0 Å². The summed E-state index contributed by atoms with van der Waals surface area (Å²) in [5.74, 6) is 1.26. The van der Waals surface area contributed by atoms with Crippen LogP contribution in [0.3, 0.4) is 0 Å². The van der Waals surface area contributed by atoms with Crippen LogP contribution < -0.4 is 0 Å². The number of hydrogen-bond acceptors (Lipinski definition) is 5. The molecule has 2 bridgehead atoms. The highest BCUT2D eigenvalue weighted by Crippen LogP contribution is 2.49. The number of esters is 2. The lowest BCUT2D eigenvalue weighted by atomic mass is 9.86. The third kappa shape index (κ3) is 4.53. The minimum atomic E-state index is -0.243. The Bertz CT molecular complexity index is 512. The van der Waals surface area contributed by atoms with Gasteiger partial charge < -0.3 is 14.4 Å². The van der Waals surface area contributed by atoms with Gasteiger partial charge in [-0.15, -0.1) is 0 Å². The molecule has 1 heterocycles. The number of piperidine rings is 1. The normalized spacial score (nSPS) is 28.8. The Hall–Kier alpha value is -1.59. The van der Waals surface area contributed by atoms with Crippen LogP contribution in [-0.2, 0) is 23.9 Å². The minimum Gasteiger partial charge on any atom is -0.466 e. The Balaban J connectivity index is 1.34. The lowest BCUT2D eigenvalue weighted by Gasteiger charge is -2.30. The summed E-state index contributed by atoms with van der Waals surface area (Å²) in [4.78, 5) is 37.6. The summed E-state index contributed by atoms with van der Waals surface area (Å²) in [5, 5.41) is 0. The highest BCUT2D eigenvalue weighted by molar-refractivity contribution is 5.81. The van der Waals surface area contributed by atoms with E-state index in [9.17, 15) is 14.4 Å². The standard InChI is InChI=1S/C19H29NO5/c1-2-24-19(23)14-5-7-20(8-6-14)17(21)12-25-18(22)11-16-10-13-3-4-15(16)9-13/h13-16H,2-12H2,1H3/t13-,15-,16-/m0/s1. The highest BCUT2D eigenvalue weighted by Gasteiger charge is 2.40. The fraction of sp³-hybridized carbons (Fsp3) is 0.842. The molecule has 3 aliphatic rings. The number of likely N-dealkylation sites (tertiary alicyclic amines) is 1. The first-order valence-electron chi connectivity index (χ1n) is 9.66. The van der Waals surface area contributed by atoms with Crippen LogP contribution in [0.2, 0.25) is 0 Å². The van der Waals surface area contributed by atoms with Crippen molar-refractivity contribution in [1.82, 2.24) is 4.90 Å². The molecule has 0 N–H and O–H groups in total. The molecule has 1 saturated heterocycles. The van der Waals surface area contributed by atoms with Crippen LogP contribution in [0.1, 0.15) is 51.9 Å². The number of fused-ring (bicyclic) bond motifs is 2. The maximum Gasteiger partial charge on any atom is 0.309 e. The van der Waals surface area contributed by atoms with Crippen molar-refractivity contribution in [1.29, 1.82) is 0 Å². The summed E-state index contributed by atoms with van der Waals surface area (Å²) < 4.78 is 10.2. The molecule has 2 saturated carbocycles. The van der Waals surface area contributed by atoms with Crippen molar-refractivity contribution in [2.75, 3.05) is 26.3 Å². The number of carbonyl (C=O) groups is 3. The molecular formula is C19H29NO5. The van der Waals surface area contributed by atoms with Crippen LogP contribution in [0, 0.1) is 23.7 Å². The smallest absolute Gasteiger partial charge is 0.309 e. The predicted molar refractivity (Wildman–Crippen MR) is 90.5 cm³/mol. The summed E-state index contributed by atoms with van der Waals surface area (Å²) in [7, 11) is 0. The number of carbonyl (C=O) groups excluding carboxylic acids is 3. The molecule has 3 rings (SSSR count). The van der Waals surface area contributed by atoms with E-state index in [1.165, 1.54) is 19.3 Å². The van der Waals surface area contributed by atoms with Crippen LogP contribution in [0.5, 0.6) is 0 Å². The van der Waals surface area contributed by atoms with Gasteiger partial charge in [-0.25, -0.2) is 0 Å². The molecule has 140 valence electrons. The van der Waals surface area contributed by atoms with Crippen molar-refractivity contribution < 1.29 is 23.9 Å². The van der Waals surface area contributed by atoms with E-state index in [4.69, 9.17) is 9.47 Å². The Labute approximate surface area is 149 Å². The molecular weight excluding hydrogens is 322 g/mol. The second kappa shape index (κ2) is 8.19. The largest absolute Gasteiger partial charge is 0.466 e. The van der Waals surface area contributed by atoms with E-state index in [1.807, 2.05) is 0 Å². The lowest BCUT2D eigenvalue weighted by molar-refractivity contribution is -0.155. The number of nitrogens with zero attached hydrogens (tertiary/aromatic N) is 1. The molecule has 6 nitrogen and oxygen atoms in total. The third-order valence-corrected chi connectivity index (χ3v) is 6.14. The summed E-state index contributed by atoms with van der Waals surface area (Å²) in [6, 6.07) is 0. The van der Waals surface area contributed by atoms with Crippen LogP contribution in [-0.4, -0.2) is 49.0 Å². The van der Waals surface area contributed by atoms with E-state index in [0.717, 1.165) is 12.3 Å². The van der Waals surface area contributed by atoms with Gasteiger partial charge >= 0.3 is 11.9 Å². The molecule has 1 aliphatic heterocycles. The summed E-state index contributed by atoms with van der Waals surface area (Å²) in [6.45, 7) is 3.04.